The smallest absolute Gasteiger partial charge is 0.320 e. The third-order valence-electron chi connectivity index (χ3n) is 2.89. The largest absolute Gasteiger partial charge is 0.416 e. The van der Waals surface area contributed by atoms with Crippen LogP contribution in [0.1, 0.15) is 27.6 Å². The molecule has 102 valence electrons. The lowest BCUT2D eigenvalue weighted by Crippen LogP contribution is -2.16. The average molecular weight is 289 g/mol. The van der Waals surface area contributed by atoms with E-state index in [0.29, 0.717) is 11.6 Å². The normalized spacial score (nSPS) is 13.6. The van der Waals surface area contributed by atoms with Gasteiger partial charge in [-0.2, -0.15) is 13.2 Å². The summed E-state index contributed by atoms with van der Waals surface area (Å²) in [7, 11) is 0. The molecule has 0 saturated carbocycles. The van der Waals surface area contributed by atoms with Gasteiger partial charge in [0.05, 0.1) is 11.6 Å². The maximum absolute atomic E-state index is 13.7. The summed E-state index contributed by atoms with van der Waals surface area (Å²) in [5.41, 5.74) is 5.48. The molecular weight excluding hydrogens is 278 g/mol. The van der Waals surface area contributed by atoms with Gasteiger partial charge < -0.3 is 5.73 Å². The van der Waals surface area contributed by atoms with E-state index in [-0.39, 0.29) is 5.56 Å². The molecule has 0 aliphatic rings. The minimum absolute atomic E-state index is 0.142. The number of rotatable bonds is 2. The van der Waals surface area contributed by atoms with Crippen LogP contribution in [0.15, 0.2) is 29.6 Å². The first-order valence-corrected chi connectivity index (χ1v) is 6.35. The second kappa shape index (κ2) is 4.94. The van der Waals surface area contributed by atoms with Crippen LogP contribution in [0.3, 0.4) is 0 Å². The Morgan fingerprint density at radius 2 is 1.84 bits per heavy atom. The van der Waals surface area contributed by atoms with Crippen LogP contribution in [-0.4, -0.2) is 0 Å². The average Bonchev–Trinajstić information content (AvgIpc) is 2.73. The van der Waals surface area contributed by atoms with E-state index in [1.165, 1.54) is 11.3 Å². The fourth-order valence-corrected chi connectivity index (χ4v) is 2.59. The lowest BCUT2D eigenvalue weighted by Gasteiger charge is -2.15. The molecule has 0 radical (unpaired) electrons. The van der Waals surface area contributed by atoms with Gasteiger partial charge in [-0.25, -0.2) is 4.39 Å². The van der Waals surface area contributed by atoms with Gasteiger partial charge >= 0.3 is 6.18 Å². The van der Waals surface area contributed by atoms with Crippen LogP contribution in [0.4, 0.5) is 17.6 Å². The summed E-state index contributed by atoms with van der Waals surface area (Å²) in [6.45, 7) is 1.80. The number of aryl methyl sites for hydroxylation is 1. The van der Waals surface area contributed by atoms with E-state index < -0.39 is 23.6 Å². The fraction of sp³-hybridized carbons (Fsp3) is 0.231. The van der Waals surface area contributed by atoms with E-state index in [2.05, 4.69) is 0 Å². The minimum Gasteiger partial charge on any atom is -0.320 e. The van der Waals surface area contributed by atoms with Gasteiger partial charge in [0.2, 0.25) is 0 Å². The molecule has 0 fully saturated rings. The maximum atomic E-state index is 13.7. The van der Waals surface area contributed by atoms with E-state index in [1.54, 1.807) is 18.4 Å². The van der Waals surface area contributed by atoms with Crippen LogP contribution in [0.5, 0.6) is 0 Å². The molecule has 1 atom stereocenters. The van der Waals surface area contributed by atoms with Crippen molar-refractivity contribution in [1.29, 1.82) is 0 Å². The first kappa shape index (κ1) is 14.0. The summed E-state index contributed by atoms with van der Waals surface area (Å²) in [5, 5.41) is 1.77. The Bertz CT molecular complexity index is 589. The molecule has 1 aromatic heterocycles. The Hall–Kier alpha value is -1.40. The highest BCUT2D eigenvalue weighted by atomic mass is 32.1. The van der Waals surface area contributed by atoms with Crippen molar-refractivity contribution in [1.82, 2.24) is 0 Å². The molecule has 0 aliphatic carbocycles. The minimum atomic E-state index is -4.51. The van der Waals surface area contributed by atoms with E-state index in [0.717, 1.165) is 17.0 Å². The van der Waals surface area contributed by atoms with E-state index in [9.17, 15) is 17.6 Å². The molecule has 0 amide bonds. The van der Waals surface area contributed by atoms with Gasteiger partial charge in [-0.1, -0.05) is 0 Å². The molecule has 2 aromatic rings. The van der Waals surface area contributed by atoms with Crippen molar-refractivity contribution in [2.24, 2.45) is 5.73 Å². The highest BCUT2D eigenvalue weighted by Gasteiger charge is 2.32. The van der Waals surface area contributed by atoms with Crippen molar-refractivity contribution in [2.45, 2.75) is 19.1 Å². The van der Waals surface area contributed by atoms with Crippen LogP contribution in [0, 0.1) is 12.7 Å². The molecule has 19 heavy (non-hydrogen) atoms. The molecule has 2 N–H and O–H groups in total. The molecule has 1 unspecified atom stereocenters. The highest BCUT2D eigenvalue weighted by molar-refractivity contribution is 7.10. The Kier molecular flexibility index (Phi) is 3.64. The predicted molar refractivity (Wildman–Crippen MR) is 66.5 cm³/mol. The van der Waals surface area contributed by atoms with Gasteiger partial charge in [0.1, 0.15) is 5.82 Å². The lowest BCUT2D eigenvalue weighted by molar-refractivity contribution is -0.137. The van der Waals surface area contributed by atoms with Gasteiger partial charge in [0, 0.05) is 10.4 Å². The number of nitrogens with two attached hydrogens (primary N) is 1. The van der Waals surface area contributed by atoms with Crippen LogP contribution in [0.25, 0.3) is 0 Å². The lowest BCUT2D eigenvalue weighted by atomic mass is 9.98. The standard InChI is InChI=1S/C13H11F4NS/c1-7-9(4-5-19-7)12(18)10-6-8(13(15,16)17)2-3-11(10)14/h2-6,12H,18H2,1H3. The number of benzene rings is 1. The molecular formula is C13H11F4NS. The summed E-state index contributed by atoms with van der Waals surface area (Å²) in [6, 6.07) is 3.10. The second-order valence-corrected chi connectivity index (χ2v) is 5.26. The Morgan fingerprint density at radius 3 is 2.37 bits per heavy atom. The zero-order chi connectivity index (χ0) is 14.2. The molecule has 2 rings (SSSR count). The second-order valence-electron chi connectivity index (χ2n) is 4.14. The van der Waals surface area contributed by atoms with Crippen LogP contribution >= 0.6 is 11.3 Å². The number of alkyl halides is 3. The summed E-state index contributed by atoms with van der Waals surface area (Å²) in [4.78, 5) is 0.865. The summed E-state index contributed by atoms with van der Waals surface area (Å²) < 4.78 is 51.6. The van der Waals surface area contributed by atoms with Crippen molar-refractivity contribution in [3.63, 3.8) is 0 Å². The van der Waals surface area contributed by atoms with E-state index in [4.69, 9.17) is 5.73 Å². The third kappa shape index (κ3) is 2.79. The maximum Gasteiger partial charge on any atom is 0.416 e. The molecule has 0 saturated heterocycles. The molecule has 1 heterocycles. The third-order valence-corrected chi connectivity index (χ3v) is 3.75. The van der Waals surface area contributed by atoms with E-state index >= 15 is 0 Å². The van der Waals surface area contributed by atoms with Crippen LogP contribution < -0.4 is 5.73 Å². The van der Waals surface area contributed by atoms with Gasteiger partial charge in [0.25, 0.3) is 0 Å². The zero-order valence-electron chi connectivity index (χ0n) is 9.96. The van der Waals surface area contributed by atoms with Crippen molar-refractivity contribution >= 4 is 11.3 Å². The first-order valence-electron chi connectivity index (χ1n) is 5.47. The number of hydrogen-bond donors (Lipinski definition) is 1. The SMILES string of the molecule is Cc1sccc1C(N)c1cc(C(F)(F)F)ccc1F. The highest BCUT2D eigenvalue weighted by Crippen LogP contribution is 2.34. The number of halogens is 4. The molecule has 0 aliphatic heterocycles. The number of hydrogen-bond acceptors (Lipinski definition) is 2. The summed E-state index contributed by atoms with van der Waals surface area (Å²) in [6.07, 6.45) is -4.51. The van der Waals surface area contributed by atoms with E-state index in [1.807, 2.05) is 0 Å². The number of thiophene rings is 1. The van der Waals surface area contributed by atoms with Crippen molar-refractivity contribution in [3.05, 3.63) is 57.0 Å². The van der Waals surface area contributed by atoms with Gasteiger partial charge in [-0.15, -0.1) is 11.3 Å². The molecule has 0 bridgehead atoms. The zero-order valence-corrected chi connectivity index (χ0v) is 10.8. The van der Waals surface area contributed by atoms with Gasteiger partial charge in [0.15, 0.2) is 0 Å². The Balaban J connectivity index is 2.47. The first-order chi connectivity index (χ1) is 8.80. The Morgan fingerprint density at radius 1 is 1.16 bits per heavy atom. The van der Waals surface area contributed by atoms with Crippen LogP contribution in [-0.2, 0) is 6.18 Å². The van der Waals surface area contributed by atoms with Crippen molar-refractivity contribution < 1.29 is 17.6 Å². The Labute approximate surface area is 111 Å². The fourth-order valence-electron chi connectivity index (χ4n) is 1.84. The monoisotopic (exact) mass is 289 g/mol. The summed E-state index contributed by atoms with van der Waals surface area (Å²) >= 11 is 1.42. The quantitative estimate of drug-likeness (QED) is 0.821. The van der Waals surface area contributed by atoms with Gasteiger partial charge in [-0.05, 0) is 42.1 Å². The molecule has 1 nitrogen and oxygen atoms in total. The van der Waals surface area contributed by atoms with Crippen molar-refractivity contribution in [2.75, 3.05) is 0 Å². The predicted octanol–water partition coefficient (Wildman–Crippen LogP) is 4.26. The molecule has 6 heteroatoms. The van der Waals surface area contributed by atoms with Crippen LogP contribution in [0.2, 0.25) is 0 Å². The molecule has 1 aromatic carbocycles. The summed E-state index contributed by atoms with van der Waals surface area (Å²) in [5.74, 6) is -0.730. The topological polar surface area (TPSA) is 26.0 Å². The van der Waals surface area contributed by atoms with Crippen molar-refractivity contribution in [3.8, 4) is 0 Å². The molecule has 0 spiro atoms. The van der Waals surface area contributed by atoms with Gasteiger partial charge in [-0.3, -0.25) is 0 Å².